The number of aromatic hydroxyl groups is 1. The molecule has 0 radical (unpaired) electrons. The number of halogens is 6. The molecular weight excluding hydrogens is 1760 g/mol. The Hall–Kier alpha value is -8.84. The fraction of sp³-hybridized carbons (Fsp3) is 0.326. The number of nitrogens with one attached hydrogen (secondary N) is 1. The van der Waals surface area contributed by atoms with Gasteiger partial charge in [-0.2, -0.15) is 0 Å². The molecule has 0 bridgehead atoms. The van der Waals surface area contributed by atoms with Crippen LogP contribution in [0.3, 0.4) is 0 Å². The molecule has 0 aliphatic heterocycles. The van der Waals surface area contributed by atoms with Crippen molar-refractivity contribution in [2.24, 2.45) is 0 Å². The molecule has 0 aliphatic carbocycles. The van der Waals surface area contributed by atoms with Crippen molar-refractivity contribution in [3.05, 3.63) is 259 Å². The monoisotopic (exact) mass is 1860 g/mol. The Morgan fingerprint density at radius 2 is 0.855 bits per heavy atom. The summed E-state index contributed by atoms with van der Waals surface area (Å²) in [7, 11) is -3.82. The minimum absolute atomic E-state index is 0.0190. The predicted molar refractivity (Wildman–Crippen MR) is 465 cm³/mol. The summed E-state index contributed by atoms with van der Waals surface area (Å²) >= 11 is 30.4. The highest BCUT2D eigenvalue weighted by molar-refractivity contribution is 9.09. The Morgan fingerprint density at radius 1 is 0.453 bits per heavy atom. The van der Waals surface area contributed by atoms with Crippen LogP contribution in [-0.2, 0) is 105 Å². The molecule has 9 rings (SSSR count). The van der Waals surface area contributed by atoms with Gasteiger partial charge in [-0.15, -0.1) is 0 Å². The molecule has 0 aliphatic rings. The molecule has 634 valence electrons. The van der Waals surface area contributed by atoms with E-state index in [2.05, 4.69) is 49.3 Å². The van der Waals surface area contributed by atoms with E-state index < -0.39 is 36.5 Å². The van der Waals surface area contributed by atoms with Gasteiger partial charge in [0.05, 0.1) is 110 Å². The maximum Gasteiger partial charge on any atom is 0.333 e. The van der Waals surface area contributed by atoms with Crippen molar-refractivity contribution in [1.82, 2.24) is 0 Å². The van der Waals surface area contributed by atoms with Crippen molar-refractivity contribution in [3.63, 3.8) is 0 Å². The van der Waals surface area contributed by atoms with E-state index in [1.165, 1.54) is 50.1 Å². The lowest BCUT2D eigenvalue weighted by Gasteiger charge is -2.22. The molecule has 2 atom stereocenters. The zero-order valence-electron chi connectivity index (χ0n) is 66.5. The largest absolute Gasteiger partial charge is 0.508 e. The van der Waals surface area contributed by atoms with Crippen LogP contribution in [0, 0.1) is 0 Å². The predicted octanol–water partition coefficient (Wildman–Crippen LogP) is 18.7. The van der Waals surface area contributed by atoms with Crippen molar-refractivity contribution >= 4 is 133 Å². The molecular formula is C86H100Br2Cl4N2O21S2. The Bertz CT molecular complexity index is 4720. The van der Waals surface area contributed by atoms with Crippen molar-refractivity contribution in [2.75, 3.05) is 109 Å². The average molecular weight is 1860 g/mol. The summed E-state index contributed by atoms with van der Waals surface area (Å²) < 4.78 is 110. The van der Waals surface area contributed by atoms with E-state index in [-0.39, 0.29) is 52.9 Å². The number of sulfone groups is 2. The van der Waals surface area contributed by atoms with Gasteiger partial charge in [0, 0.05) is 83.7 Å². The number of carbonyl (C=O) groups excluding carboxylic acids is 4. The van der Waals surface area contributed by atoms with Crippen LogP contribution in [0.5, 0.6) is 34.5 Å². The second-order valence-electron chi connectivity index (χ2n) is 24.5. The molecule has 117 heavy (non-hydrogen) atoms. The zero-order valence-corrected chi connectivity index (χ0v) is 74.3. The fourth-order valence-corrected chi connectivity index (χ4v) is 12.6. The van der Waals surface area contributed by atoms with Crippen molar-refractivity contribution in [2.45, 2.75) is 94.4 Å². The van der Waals surface area contributed by atoms with Crippen LogP contribution in [-0.4, -0.2) is 144 Å². The highest BCUT2D eigenvalue weighted by atomic mass is 79.9. The number of methoxy groups -OCH3 is 2. The molecule has 23 nitrogen and oxygen atoms in total. The third-order valence-corrected chi connectivity index (χ3v) is 19.6. The van der Waals surface area contributed by atoms with E-state index in [0.29, 0.717) is 150 Å². The molecule has 0 heterocycles. The quantitative estimate of drug-likeness (QED) is 0.0107. The molecule has 0 amide bonds. The SMILES string of the molecule is BrCCOCc1ccccc1.CCCOc1cc(Cl)ccc1C(Nc1cc(OC)cc(S(C)(=O)=O)c1)C(=O)OCC.CCOC(=O)C(Br)c1ccc(Cl)cc1OCCOCc1ccccc1.CCOC(=O)Cc1ccc(Cl)cc1O.CCOC(=O)Cc1ccc(Cl)cc1OCCOCc1ccccc1.COc1cc(N)cc(S(C)(=O)=O)c1. The van der Waals surface area contributed by atoms with Crippen LogP contribution in [0.2, 0.25) is 20.1 Å². The smallest absolute Gasteiger partial charge is 0.333 e. The first-order valence-corrected chi connectivity index (χ1v) is 44.1. The summed E-state index contributed by atoms with van der Waals surface area (Å²) in [6.07, 6.45) is 3.23. The average Bonchev–Trinajstić information content (AvgIpc) is 0.811. The van der Waals surface area contributed by atoms with Gasteiger partial charge in [0.15, 0.2) is 25.7 Å². The van der Waals surface area contributed by atoms with E-state index in [9.17, 15) is 41.1 Å². The number of phenols is 1. The highest BCUT2D eigenvalue weighted by Gasteiger charge is 2.28. The minimum atomic E-state index is -3.49. The number of nitrogen functional groups attached to an aromatic ring is 1. The number of anilines is 2. The van der Waals surface area contributed by atoms with Gasteiger partial charge in [-0.1, -0.05) is 200 Å². The van der Waals surface area contributed by atoms with Crippen molar-refractivity contribution in [1.29, 1.82) is 0 Å². The number of alkyl halides is 2. The molecule has 2 unspecified atom stereocenters. The number of benzene rings is 9. The fourth-order valence-electron chi connectivity index (χ4n) is 9.84. The van der Waals surface area contributed by atoms with Crippen LogP contribution in [0.15, 0.2) is 210 Å². The van der Waals surface area contributed by atoms with Crippen molar-refractivity contribution < 1.29 is 98.0 Å². The molecule has 0 saturated carbocycles. The first kappa shape index (κ1) is 101. The van der Waals surface area contributed by atoms with Crippen LogP contribution < -0.4 is 34.7 Å². The van der Waals surface area contributed by atoms with E-state index in [4.69, 9.17) is 109 Å². The Labute approximate surface area is 722 Å². The van der Waals surface area contributed by atoms with Gasteiger partial charge in [0.25, 0.3) is 0 Å². The lowest BCUT2D eigenvalue weighted by atomic mass is 10.0. The van der Waals surface area contributed by atoms with Gasteiger partial charge in [0.2, 0.25) is 0 Å². The van der Waals surface area contributed by atoms with E-state index in [1.807, 2.05) is 85.8 Å². The Morgan fingerprint density at radius 3 is 1.32 bits per heavy atom. The summed E-state index contributed by atoms with van der Waals surface area (Å²) in [6.45, 7) is 14.7. The standard InChI is InChI=1S/C21H26ClNO6S.C19H20BrClO4.C19H21ClO4.C10H11ClO3.C9H11BrO.C8H11NO3S/c1-5-9-29-19-10-14(22)7-8-18(19)20(21(24)28-6-2)23-15-11-16(27-3)13-17(12-15)30(4,25)26;1-2-24-19(22)18(20)16-9-8-15(21)12-17(16)25-11-10-23-13-14-6-4-3-5-7-14;1-2-23-19(21)12-16-8-9-17(20)13-18(16)24-11-10-22-14-15-6-4-3-5-7-15;1-2-14-10(13)5-7-3-4-8(11)6-9(7)12;10-6-7-11-8-9-4-2-1-3-5-9;1-12-7-3-6(9)4-8(5-7)13(2,10)11/h7-8,10-13,20,23H,5-6,9H2,1-4H3;3-9,12,18H,2,10-11,13H2,1H3;3-9,13H,2,10-12,14H2,1H3;3-4,6,12H,2,5H2,1H3;1-5H,6-8H2;3-5H,9H2,1-2H3. The summed E-state index contributed by atoms with van der Waals surface area (Å²) in [6, 6.07) is 57.9. The number of nitrogens with two attached hydrogens (primary N) is 1. The number of hydrogen-bond acceptors (Lipinski definition) is 23. The first-order valence-electron chi connectivity index (χ1n) is 36.7. The number of phenolic OH excluding ortho intramolecular Hbond substituents is 1. The molecule has 0 fully saturated rings. The van der Waals surface area contributed by atoms with Crippen molar-refractivity contribution in [3.8, 4) is 34.5 Å². The second-order valence-corrected chi connectivity index (χ2v) is 32.0. The molecule has 0 spiro atoms. The third-order valence-electron chi connectivity index (χ3n) is 15.3. The number of ether oxygens (including phenoxy) is 12. The number of esters is 4. The van der Waals surface area contributed by atoms with Crippen LogP contribution in [0.4, 0.5) is 11.4 Å². The Kier molecular flexibility index (Phi) is 47.9. The molecule has 0 aromatic heterocycles. The summed E-state index contributed by atoms with van der Waals surface area (Å²) in [5.41, 5.74) is 12.2. The van der Waals surface area contributed by atoms with Crippen LogP contribution in [0.25, 0.3) is 0 Å². The Balaban J connectivity index is 0.000000305. The first-order chi connectivity index (χ1) is 56.0. The van der Waals surface area contributed by atoms with Crippen LogP contribution in [0.1, 0.15) is 90.9 Å². The van der Waals surface area contributed by atoms with Gasteiger partial charge in [-0.25, -0.2) is 21.6 Å². The number of carbonyl (C=O) groups is 4. The molecule has 31 heteroatoms. The molecule has 4 N–H and O–H groups in total. The van der Waals surface area contributed by atoms with E-state index >= 15 is 0 Å². The summed E-state index contributed by atoms with van der Waals surface area (Å²) in [5.74, 6) is 0.813. The topological polar surface area (TPSA) is 306 Å². The number of hydrogen-bond donors (Lipinski definition) is 3. The molecule has 9 aromatic carbocycles. The van der Waals surface area contributed by atoms with E-state index in [0.717, 1.165) is 47.6 Å². The van der Waals surface area contributed by atoms with Crippen LogP contribution >= 0.6 is 78.3 Å². The normalized spacial score (nSPS) is 11.1. The van der Waals surface area contributed by atoms with Gasteiger partial charge in [-0.3, -0.25) is 14.4 Å². The third kappa shape index (κ3) is 40.0. The molecule has 9 aromatic rings. The van der Waals surface area contributed by atoms with E-state index in [1.54, 1.807) is 107 Å². The van der Waals surface area contributed by atoms with Gasteiger partial charge < -0.3 is 73.0 Å². The van der Waals surface area contributed by atoms with Gasteiger partial charge >= 0.3 is 23.9 Å². The second kappa shape index (κ2) is 55.8. The highest BCUT2D eigenvalue weighted by Crippen LogP contribution is 2.37. The summed E-state index contributed by atoms with van der Waals surface area (Å²) in [4.78, 5) is 47.1. The lowest BCUT2D eigenvalue weighted by Crippen LogP contribution is -2.24. The molecule has 0 saturated heterocycles. The zero-order chi connectivity index (χ0) is 86.1. The lowest BCUT2D eigenvalue weighted by molar-refractivity contribution is -0.144. The van der Waals surface area contributed by atoms with Gasteiger partial charge in [0.1, 0.15) is 52.5 Å². The van der Waals surface area contributed by atoms with Gasteiger partial charge in [-0.05, 0) is 124 Å². The summed E-state index contributed by atoms with van der Waals surface area (Å²) in [5, 5.41) is 15.4. The maximum atomic E-state index is 12.8. The maximum absolute atomic E-state index is 12.8. The number of rotatable bonds is 37. The minimum Gasteiger partial charge on any atom is -0.508 e.